The van der Waals surface area contributed by atoms with Crippen LogP contribution in [0.2, 0.25) is 0 Å². The fraction of sp³-hybridized carbons (Fsp3) is 0.833. The summed E-state index contributed by atoms with van der Waals surface area (Å²) in [4.78, 5) is 38.1. The van der Waals surface area contributed by atoms with Gasteiger partial charge < -0.3 is 20.1 Å². The van der Waals surface area contributed by atoms with Crippen molar-refractivity contribution in [3.05, 3.63) is 0 Å². The van der Waals surface area contributed by atoms with Gasteiger partial charge in [-0.25, -0.2) is 9.59 Å². The van der Waals surface area contributed by atoms with E-state index in [0.717, 1.165) is 0 Å². The zero-order chi connectivity index (χ0) is 19.2. The fourth-order valence-corrected chi connectivity index (χ4v) is 3.99. The Bertz CT molecular complexity index is 566. The van der Waals surface area contributed by atoms with Crippen LogP contribution in [0.25, 0.3) is 0 Å². The van der Waals surface area contributed by atoms with E-state index in [4.69, 9.17) is 4.74 Å². The van der Waals surface area contributed by atoms with Crippen LogP contribution in [0.4, 0.5) is 4.79 Å². The number of nitrogens with zero attached hydrogens (tertiary/aromatic N) is 1. The first-order valence-corrected chi connectivity index (χ1v) is 8.93. The molecule has 2 fully saturated rings. The Labute approximate surface area is 149 Å². The Balaban J connectivity index is 2.10. The molecule has 0 bridgehead atoms. The molecule has 25 heavy (non-hydrogen) atoms. The van der Waals surface area contributed by atoms with E-state index in [1.54, 1.807) is 20.8 Å². The maximum Gasteiger partial charge on any atom is 0.408 e. The highest BCUT2D eigenvalue weighted by Crippen LogP contribution is 2.64. The van der Waals surface area contributed by atoms with E-state index in [9.17, 15) is 19.5 Å². The van der Waals surface area contributed by atoms with Gasteiger partial charge >= 0.3 is 12.1 Å². The number of carboxylic acids is 1. The summed E-state index contributed by atoms with van der Waals surface area (Å²) in [6, 6.07) is -1.57. The molecular weight excluding hydrogens is 324 g/mol. The minimum Gasteiger partial charge on any atom is -0.480 e. The van der Waals surface area contributed by atoms with Crippen molar-refractivity contribution in [1.29, 1.82) is 0 Å². The largest absolute Gasteiger partial charge is 0.480 e. The van der Waals surface area contributed by atoms with Gasteiger partial charge in [-0.15, -0.1) is 0 Å². The summed E-state index contributed by atoms with van der Waals surface area (Å²) >= 11 is 0. The van der Waals surface area contributed by atoms with Crippen molar-refractivity contribution in [3.8, 4) is 0 Å². The van der Waals surface area contributed by atoms with Crippen LogP contribution in [0.5, 0.6) is 0 Å². The molecule has 7 nitrogen and oxygen atoms in total. The van der Waals surface area contributed by atoms with E-state index in [1.165, 1.54) is 4.90 Å². The lowest BCUT2D eigenvalue weighted by atomic mass is 10.00. The number of ether oxygens (including phenoxy) is 1. The van der Waals surface area contributed by atoms with Crippen LogP contribution < -0.4 is 5.32 Å². The molecule has 0 aromatic carbocycles. The zero-order valence-electron chi connectivity index (χ0n) is 16.0. The van der Waals surface area contributed by atoms with E-state index in [1.807, 2.05) is 20.8 Å². The van der Waals surface area contributed by atoms with Gasteiger partial charge in [0.1, 0.15) is 17.7 Å². The van der Waals surface area contributed by atoms with Gasteiger partial charge in [-0.3, -0.25) is 4.79 Å². The second kappa shape index (κ2) is 6.50. The van der Waals surface area contributed by atoms with E-state index >= 15 is 0 Å². The number of hydrogen-bond donors (Lipinski definition) is 2. The lowest BCUT2D eigenvalue weighted by molar-refractivity contribution is -0.151. The molecule has 1 saturated heterocycles. The number of alkyl carbamates (subject to hydrolysis) is 1. The van der Waals surface area contributed by atoms with Crippen molar-refractivity contribution in [1.82, 2.24) is 10.2 Å². The van der Waals surface area contributed by atoms with Gasteiger partial charge in [-0.2, -0.15) is 0 Å². The number of nitrogens with one attached hydrogen (secondary N) is 1. The van der Waals surface area contributed by atoms with Crippen LogP contribution in [-0.2, 0) is 14.3 Å². The Morgan fingerprint density at radius 1 is 1.32 bits per heavy atom. The lowest BCUT2D eigenvalue weighted by Gasteiger charge is -2.32. The van der Waals surface area contributed by atoms with Crippen molar-refractivity contribution in [2.75, 3.05) is 6.54 Å². The molecule has 1 saturated carbocycles. The van der Waals surface area contributed by atoms with Gasteiger partial charge in [0, 0.05) is 12.5 Å². The van der Waals surface area contributed by atoms with Crippen molar-refractivity contribution in [2.45, 2.75) is 72.1 Å². The van der Waals surface area contributed by atoms with Crippen LogP contribution in [-0.4, -0.2) is 52.2 Å². The van der Waals surface area contributed by atoms with Crippen LogP contribution in [0.3, 0.4) is 0 Å². The smallest absolute Gasteiger partial charge is 0.408 e. The van der Waals surface area contributed by atoms with Gasteiger partial charge in [-0.05, 0) is 38.5 Å². The number of rotatable bonds is 5. The molecule has 1 unspecified atom stereocenters. The van der Waals surface area contributed by atoms with E-state index in [-0.39, 0.29) is 23.2 Å². The first-order chi connectivity index (χ1) is 11.4. The highest BCUT2D eigenvalue weighted by Gasteiger charge is 2.69. The standard InChI is InChI=1S/C18H30N2O5/c1-7-8-11(19-16(24)25-17(2,3)4)14(21)20-9-10-12(18(10,5)6)13(20)15(22)23/h10-13H,7-9H2,1-6H3,(H,19,24)(H,22,23)/t10-,11?,12-,13-/m0/s1. The summed E-state index contributed by atoms with van der Waals surface area (Å²) in [7, 11) is 0. The molecular formula is C18H30N2O5. The topological polar surface area (TPSA) is 95.9 Å². The molecule has 1 aliphatic heterocycles. The maximum absolute atomic E-state index is 12.9. The van der Waals surface area contributed by atoms with Gasteiger partial charge in [0.05, 0.1) is 0 Å². The Kier molecular flexibility index (Phi) is 5.08. The number of piperidine rings is 1. The molecule has 0 radical (unpaired) electrons. The molecule has 142 valence electrons. The molecule has 2 aliphatic rings. The highest BCUT2D eigenvalue weighted by molar-refractivity contribution is 5.90. The van der Waals surface area contributed by atoms with Crippen LogP contribution in [0.1, 0.15) is 54.4 Å². The van der Waals surface area contributed by atoms with Crippen LogP contribution in [0, 0.1) is 17.3 Å². The van der Waals surface area contributed by atoms with Crippen LogP contribution in [0.15, 0.2) is 0 Å². The average molecular weight is 354 g/mol. The highest BCUT2D eigenvalue weighted by atomic mass is 16.6. The van der Waals surface area contributed by atoms with Crippen molar-refractivity contribution >= 4 is 18.0 Å². The first-order valence-electron chi connectivity index (χ1n) is 8.93. The first kappa shape index (κ1) is 19.5. The summed E-state index contributed by atoms with van der Waals surface area (Å²) in [6.07, 6.45) is 0.478. The molecule has 7 heteroatoms. The summed E-state index contributed by atoms with van der Waals surface area (Å²) < 4.78 is 5.23. The SMILES string of the molecule is CCCC(NC(=O)OC(C)(C)C)C(=O)N1C[C@H]2[C@@H]([C@H]1C(=O)O)C2(C)C. The quantitative estimate of drug-likeness (QED) is 0.789. The maximum atomic E-state index is 12.9. The molecule has 0 aromatic heterocycles. The van der Waals surface area contributed by atoms with Gasteiger partial charge in [0.2, 0.25) is 5.91 Å². The average Bonchev–Trinajstić information content (AvgIpc) is 2.84. The number of hydrogen-bond acceptors (Lipinski definition) is 4. The Morgan fingerprint density at radius 2 is 1.92 bits per heavy atom. The Hall–Kier alpha value is -1.79. The summed E-state index contributed by atoms with van der Waals surface area (Å²) in [6.45, 7) is 11.7. The number of carbonyl (C=O) groups excluding carboxylic acids is 2. The van der Waals surface area contributed by atoms with Crippen molar-refractivity contribution < 1.29 is 24.2 Å². The van der Waals surface area contributed by atoms with E-state index in [2.05, 4.69) is 5.32 Å². The third-order valence-corrected chi connectivity index (χ3v) is 5.31. The predicted octanol–water partition coefficient (Wildman–Crippen LogP) is 2.25. The lowest BCUT2D eigenvalue weighted by Crippen LogP contribution is -2.54. The van der Waals surface area contributed by atoms with Gasteiger partial charge in [0.15, 0.2) is 0 Å². The second-order valence-electron chi connectivity index (χ2n) is 8.71. The van der Waals surface area contributed by atoms with E-state index in [0.29, 0.717) is 19.4 Å². The predicted molar refractivity (Wildman–Crippen MR) is 92.0 cm³/mol. The van der Waals surface area contributed by atoms with Gasteiger partial charge in [-0.1, -0.05) is 27.2 Å². The Morgan fingerprint density at radius 3 is 2.40 bits per heavy atom. The number of aliphatic carboxylic acids is 1. The summed E-state index contributed by atoms with van der Waals surface area (Å²) in [5.41, 5.74) is -0.703. The number of likely N-dealkylation sites (tertiary alicyclic amines) is 1. The number of fused-ring (bicyclic) bond motifs is 1. The molecule has 2 amide bonds. The number of carbonyl (C=O) groups is 3. The molecule has 2 N–H and O–H groups in total. The zero-order valence-corrected chi connectivity index (χ0v) is 16.0. The van der Waals surface area contributed by atoms with Crippen LogP contribution >= 0.6 is 0 Å². The fourth-order valence-electron chi connectivity index (χ4n) is 3.99. The summed E-state index contributed by atoms with van der Waals surface area (Å²) in [5, 5.41) is 12.2. The minimum absolute atomic E-state index is 0.0160. The van der Waals surface area contributed by atoms with Crippen molar-refractivity contribution in [2.24, 2.45) is 17.3 Å². The molecule has 1 heterocycles. The third-order valence-electron chi connectivity index (χ3n) is 5.31. The summed E-state index contributed by atoms with van der Waals surface area (Å²) in [5.74, 6) is -1.11. The monoisotopic (exact) mass is 354 g/mol. The van der Waals surface area contributed by atoms with Gasteiger partial charge in [0.25, 0.3) is 0 Å². The molecule has 4 atom stereocenters. The second-order valence-corrected chi connectivity index (χ2v) is 8.71. The molecule has 0 spiro atoms. The molecule has 0 aromatic rings. The number of carboxylic acid groups (broad SMARTS) is 1. The normalized spacial score (nSPS) is 28.1. The minimum atomic E-state index is -0.973. The number of amides is 2. The molecule has 1 aliphatic carbocycles. The molecule has 2 rings (SSSR count). The van der Waals surface area contributed by atoms with Crippen molar-refractivity contribution in [3.63, 3.8) is 0 Å². The third kappa shape index (κ3) is 3.90. The van der Waals surface area contributed by atoms with E-state index < -0.39 is 29.7 Å².